The molecule has 2 aromatic carbocycles. The number of hydrogen-bond acceptors (Lipinski definition) is 3. The van der Waals surface area contributed by atoms with Gasteiger partial charge in [0.25, 0.3) is 0 Å². The SMILES string of the molecule is CC1(CO)CCN(C(=O)Nc2ccc3oc(-c4ccccc4)cc3c2)CC1. The molecule has 5 heteroatoms. The quantitative estimate of drug-likeness (QED) is 0.706. The number of nitrogens with one attached hydrogen (secondary N) is 1. The molecule has 1 saturated heterocycles. The molecular formula is C22H24N2O3. The van der Waals surface area contributed by atoms with Crippen molar-refractivity contribution in [2.45, 2.75) is 19.8 Å². The Morgan fingerprint density at radius 1 is 1.15 bits per heavy atom. The van der Waals surface area contributed by atoms with Gasteiger partial charge < -0.3 is 19.7 Å². The number of carbonyl (C=O) groups is 1. The van der Waals surface area contributed by atoms with Crippen LogP contribution in [0.3, 0.4) is 0 Å². The van der Waals surface area contributed by atoms with Crippen molar-refractivity contribution >= 4 is 22.7 Å². The Labute approximate surface area is 158 Å². The molecule has 5 nitrogen and oxygen atoms in total. The second kappa shape index (κ2) is 7.08. The minimum atomic E-state index is -0.0962. The third kappa shape index (κ3) is 3.69. The molecule has 0 atom stereocenters. The summed E-state index contributed by atoms with van der Waals surface area (Å²) in [7, 11) is 0. The fourth-order valence-electron chi connectivity index (χ4n) is 3.48. The van der Waals surface area contributed by atoms with E-state index in [1.165, 1.54) is 0 Å². The molecule has 0 bridgehead atoms. The molecule has 1 fully saturated rings. The fraction of sp³-hybridized carbons (Fsp3) is 0.318. The van der Waals surface area contributed by atoms with Gasteiger partial charge in [0.15, 0.2) is 0 Å². The molecule has 0 saturated carbocycles. The van der Waals surface area contributed by atoms with Gasteiger partial charge in [0, 0.05) is 36.3 Å². The number of piperidine rings is 1. The van der Waals surface area contributed by atoms with Crippen LogP contribution in [0.5, 0.6) is 0 Å². The first kappa shape index (κ1) is 17.6. The average molecular weight is 364 g/mol. The Hall–Kier alpha value is -2.79. The van der Waals surface area contributed by atoms with Gasteiger partial charge in [-0.05, 0) is 42.5 Å². The third-order valence-corrected chi connectivity index (χ3v) is 5.47. The number of benzene rings is 2. The highest BCUT2D eigenvalue weighted by molar-refractivity contribution is 5.93. The van der Waals surface area contributed by atoms with Gasteiger partial charge in [0.05, 0.1) is 0 Å². The Bertz CT molecular complexity index is 941. The fourth-order valence-corrected chi connectivity index (χ4v) is 3.48. The van der Waals surface area contributed by atoms with E-state index in [-0.39, 0.29) is 18.1 Å². The first-order valence-corrected chi connectivity index (χ1v) is 9.32. The molecular weight excluding hydrogens is 340 g/mol. The molecule has 1 aliphatic heterocycles. The maximum Gasteiger partial charge on any atom is 0.321 e. The van der Waals surface area contributed by atoms with Crippen molar-refractivity contribution in [2.24, 2.45) is 5.41 Å². The molecule has 0 aliphatic carbocycles. The molecule has 140 valence electrons. The largest absolute Gasteiger partial charge is 0.456 e. The lowest BCUT2D eigenvalue weighted by atomic mass is 9.81. The average Bonchev–Trinajstić information content (AvgIpc) is 3.12. The number of hydrogen-bond donors (Lipinski definition) is 2. The van der Waals surface area contributed by atoms with Crippen molar-refractivity contribution in [1.29, 1.82) is 0 Å². The number of aliphatic hydroxyl groups excluding tert-OH is 1. The van der Waals surface area contributed by atoms with Gasteiger partial charge in [-0.15, -0.1) is 0 Å². The van der Waals surface area contributed by atoms with Crippen LogP contribution in [0.25, 0.3) is 22.3 Å². The van der Waals surface area contributed by atoms with Crippen molar-refractivity contribution < 1.29 is 14.3 Å². The lowest BCUT2D eigenvalue weighted by Gasteiger charge is -2.38. The van der Waals surface area contributed by atoms with Crippen LogP contribution in [-0.4, -0.2) is 35.7 Å². The minimum absolute atomic E-state index is 0.0691. The van der Waals surface area contributed by atoms with E-state index in [4.69, 9.17) is 4.42 Å². The van der Waals surface area contributed by atoms with Gasteiger partial charge in [-0.25, -0.2) is 4.79 Å². The van der Waals surface area contributed by atoms with Crippen LogP contribution in [0.2, 0.25) is 0 Å². The molecule has 0 unspecified atom stereocenters. The van der Waals surface area contributed by atoms with E-state index in [0.29, 0.717) is 13.1 Å². The zero-order chi connectivity index (χ0) is 18.9. The summed E-state index contributed by atoms with van der Waals surface area (Å²) < 4.78 is 5.92. The summed E-state index contributed by atoms with van der Waals surface area (Å²) in [6.07, 6.45) is 1.64. The number of aliphatic hydroxyl groups is 1. The number of rotatable bonds is 3. The minimum Gasteiger partial charge on any atom is -0.456 e. The predicted octanol–water partition coefficient (Wildman–Crippen LogP) is 4.73. The number of likely N-dealkylation sites (tertiary alicyclic amines) is 1. The number of carbonyl (C=O) groups excluding carboxylic acids is 1. The standard InChI is InChI=1S/C22H24N2O3/c1-22(15-25)9-11-24(12-10-22)21(26)23-18-7-8-19-17(13-18)14-20(27-19)16-5-3-2-4-6-16/h2-8,13-14,25H,9-12,15H2,1H3,(H,23,26). The monoisotopic (exact) mass is 364 g/mol. The van der Waals surface area contributed by atoms with E-state index < -0.39 is 0 Å². The summed E-state index contributed by atoms with van der Waals surface area (Å²) >= 11 is 0. The van der Waals surface area contributed by atoms with Crippen LogP contribution in [0, 0.1) is 5.41 Å². The van der Waals surface area contributed by atoms with Gasteiger partial charge in [-0.2, -0.15) is 0 Å². The Kier molecular flexibility index (Phi) is 4.62. The number of urea groups is 1. The Morgan fingerprint density at radius 2 is 1.89 bits per heavy atom. The lowest BCUT2D eigenvalue weighted by Crippen LogP contribution is -2.45. The van der Waals surface area contributed by atoms with Gasteiger partial charge in [0.1, 0.15) is 11.3 Å². The molecule has 2 amide bonds. The highest BCUT2D eigenvalue weighted by Gasteiger charge is 2.31. The maximum absolute atomic E-state index is 12.6. The van der Waals surface area contributed by atoms with Crippen molar-refractivity contribution in [2.75, 3.05) is 25.0 Å². The smallest absolute Gasteiger partial charge is 0.321 e. The summed E-state index contributed by atoms with van der Waals surface area (Å²) in [5, 5.41) is 13.4. The van der Waals surface area contributed by atoms with Crippen molar-refractivity contribution in [1.82, 2.24) is 4.90 Å². The molecule has 4 rings (SSSR count). The second-order valence-corrected chi connectivity index (χ2v) is 7.62. The van der Waals surface area contributed by atoms with Gasteiger partial charge in [0.2, 0.25) is 0 Å². The number of fused-ring (bicyclic) bond motifs is 1. The zero-order valence-corrected chi connectivity index (χ0v) is 15.4. The Morgan fingerprint density at radius 3 is 2.59 bits per heavy atom. The summed E-state index contributed by atoms with van der Waals surface area (Å²) in [6, 6.07) is 17.5. The topological polar surface area (TPSA) is 65.7 Å². The molecule has 0 spiro atoms. The normalized spacial score (nSPS) is 16.4. The summed E-state index contributed by atoms with van der Waals surface area (Å²) in [6.45, 7) is 3.56. The van der Waals surface area contributed by atoms with E-state index in [0.717, 1.165) is 40.8 Å². The van der Waals surface area contributed by atoms with Crippen molar-refractivity contribution in [3.63, 3.8) is 0 Å². The zero-order valence-electron chi connectivity index (χ0n) is 15.4. The van der Waals surface area contributed by atoms with Crippen molar-refractivity contribution in [3.05, 3.63) is 54.6 Å². The first-order valence-electron chi connectivity index (χ1n) is 9.32. The molecule has 1 aromatic heterocycles. The van der Waals surface area contributed by atoms with Gasteiger partial charge >= 0.3 is 6.03 Å². The number of furan rings is 1. The van der Waals surface area contributed by atoms with E-state index in [9.17, 15) is 9.90 Å². The van der Waals surface area contributed by atoms with Crippen LogP contribution >= 0.6 is 0 Å². The third-order valence-electron chi connectivity index (χ3n) is 5.47. The molecule has 3 aromatic rings. The molecule has 1 aliphatic rings. The molecule has 0 radical (unpaired) electrons. The molecule has 2 N–H and O–H groups in total. The number of nitrogens with zero attached hydrogens (tertiary/aromatic N) is 1. The van der Waals surface area contributed by atoms with Crippen LogP contribution in [0.4, 0.5) is 10.5 Å². The second-order valence-electron chi connectivity index (χ2n) is 7.62. The van der Waals surface area contributed by atoms with E-state index >= 15 is 0 Å². The van der Waals surface area contributed by atoms with Crippen LogP contribution in [-0.2, 0) is 0 Å². The molecule has 2 heterocycles. The molecule has 27 heavy (non-hydrogen) atoms. The highest BCUT2D eigenvalue weighted by atomic mass is 16.3. The Balaban J connectivity index is 1.47. The van der Waals surface area contributed by atoms with E-state index in [1.54, 1.807) is 0 Å². The van der Waals surface area contributed by atoms with E-state index in [1.807, 2.05) is 59.5 Å². The van der Waals surface area contributed by atoms with Crippen molar-refractivity contribution in [3.8, 4) is 11.3 Å². The number of amides is 2. The summed E-state index contributed by atoms with van der Waals surface area (Å²) in [4.78, 5) is 14.4. The van der Waals surface area contributed by atoms with Crippen LogP contribution < -0.4 is 5.32 Å². The van der Waals surface area contributed by atoms with Gasteiger partial charge in [-0.3, -0.25) is 0 Å². The van der Waals surface area contributed by atoms with E-state index in [2.05, 4.69) is 12.2 Å². The van der Waals surface area contributed by atoms with Crippen LogP contribution in [0.15, 0.2) is 59.0 Å². The lowest BCUT2D eigenvalue weighted by molar-refractivity contribution is 0.0728. The maximum atomic E-state index is 12.6. The first-order chi connectivity index (χ1) is 13.1. The van der Waals surface area contributed by atoms with Crippen LogP contribution in [0.1, 0.15) is 19.8 Å². The highest BCUT2D eigenvalue weighted by Crippen LogP contribution is 2.31. The van der Waals surface area contributed by atoms with Gasteiger partial charge in [-0.1, -0.05) is 37.3 Å². The predicted molar refractivity (Wildman–Crippen MR) is 107 cm³/mol. The number of anilines is 1. The summed E-state index contributed by atoms with van der Waals surface area (Å²) in [5.41, 5.74) is 2.51. The summed E-state index contributed by atoms with van der Waals surface area (Å²) in [5.74, 6) is 0.813.